The zero-order valence-electron chi connectivity index (χ0n) is 11.8. The number of piperidine rings is 1. The smallest absolute Gasteiger partial charge is 0.126 e. The molecule has 3 nitrogen and oxygen atoms in total. The van der Waals surface area contributed by atoms with Gasteiger partial charge in [-0.1, -0.05) is 18.2 Å². The Morgan fingerprint density at radius 1 is 1.05 bits per heavy atom. The molecule has 3 heteroatoms. The van der Waals surface area contributed by atoms with Crippen molar-refractivity contribution in [2.24, 2.45) is 0 Å². The summed E-state index contributed by atoms with van der Waals surface area (Å²) in [6, 6.07) is 14.0. The Balaban J connectivity index is 1.49. The van der Waals surface area contributed by atoms with Gasteiger partial charge in [0.25, 0.3) is 0 Å². The molecule has 3 heterocycles. The van der Waals surface area contributed by atoms with Gasteiger partial charge >= 0.3 is 0 Å². The highest BCUT2D eigenvalue weighted by molar-refractivity contribution is 5.80. The number of benzene rings is 1. The second-order valence-corrected chi connectivity index (χ2v) is 6.09. The highest BCUT2D eigenvalue weighted by Gasteiger charge is 2.31. The number of rotatable bonds is 2. The topological polar surface area (TPSA) is 28.2 Å². The summed E-state index contributed by atoms with van der Waals surface area (Å²) in [6.07, 6.45) is 5.27. The van der Waals surface area contributed by atoms with E-state index in [-0.39, 0.29) is 0 Å². The minimum Gasteiger partial charge on any atom is -0.367 e. The molecule has 0 radical (unpaired) electrons. The Morgan fingerprint density at radius 3 is 3.00 bits per heavy atom. The maximum atomic E-state index is 4.73. The quantitative estimate of drug-likeness (QED) is 0.905. The molecule has 1 aromatic carbocycles. The van der Waals surface area contributed by atoms with Crippen LogP contribution < -0.4 is 5.32 Å². The summed E-state index contributed by atoms with van der Waals surface area (Å²) in [5.74, 6) is 1.03. The first-order chi connectivity index (χ1) is 9.88. The predicted octanol–water partition coefficient (Wildman–Crippen LogP) is 3.27. The standard InChI is InChI=1S/C17H21N3/c1-2-6-16-13(4-1)7-8-17(19-16)18-14-9-11-20-10-3-5-15(20)12-14/h1-2,4,6-8,14-15H,3,5,9-12H2,(H,18,19). The van der Waals surface area contributed by atoms with E-state index in [1.807, 2.05) is 0 Å². The Hall–Kier alpha value is -1.61. The van der Waals surface area contributed by atoms with Crippen LogP contribution in [0.25, 0.3) is 10.9 Å². The third kappa shape index (κ3) is 2.27. The van der Waals surface area contributed by atoms with E-state index < -0.39 is 0 Å². The van der Waals surface area contributed by atoms with Crippen LogP contribution in [0.3, 0.4) is 0 Å². The van der Waals surface area contributed by atoms with Crippen molar-refractivity contribution in [3.8, 4) is 0 Å². The van der Waals surface area contributed by atoms with Gasteiger partial charge < -0.3 is 10.2 Å². The minimum absolute atomic E-state index is 0.586. The van der Waals surface area contributed by atoms with E-state index in [1.165, 1.54) is 44.2 Å². The fourth-order valence-electron chi connectivity index (χ4n) is 3.71. The first-order valence-electron chi connectivity index (χ1n) is 7.75. The van der Waals surface area contributed by atoms with E-state index >= 15 is 0 Å². The predicted molar refractivity (Wildman–Crippen MR) is 83.0 cm³/mol. The largest absolute Gasteiger partial charge is 0.367 e. The minimum atomic E-state index is 0.586. The third-order valence-corrected chi connectivity index (χ3v) is 4.77. The summed E-state index contributed by atoms with van der Waals surface area (Å²) in [6.45, 7) is 2.56. The lowest BCUT2D eigenvalue weighted by molar-refractivity contribution is 0.188. The number of pyridine rings is 1. The Kier molecular flexibility index (Phi) is 3.07. The number of hydrogen-bond acceptors (Lipinski definition) is 3. The van der Waals surface area contributed by atoms with Gasteiger partial charge in [-0.05, 0) is 50.4 Å². The van der Waals surface area contributed by atoms with Gasteiger partial charge in [-0.2, -0.15) is 0 Å². The second-order valence-electron chi connectivity index (χ2n) is 6.09. The molecule has 0 amide bonds. The van der Waals surface area contributed by atoms with Crippen LogP contribution in [-0.2, 0) is 0 Å². The maximum absolute atomic E-state index is 4.73. The van der Waals surface area contributed by atoms with Gasteiger partial charge in [-0.15, -0.1) is 0 Å². The van der Waals surface area contributed by atoms with Crippen molar-refractivity contribution in [1.29, 1.82) is 0 Å². The van der Waals surface area contributed by atoms with E-state index in [2.05, 4.69) is 46.6 Å². The molecule has 0 saturated carbocycles. The molecule has 1 N–H and O–H groups in total. The highest BCUT2D eigenvalue weighted by atomic mass is 15.2. The van der Waals surface area contributed by atoms with Gasteiger partial charge in [0.15, 0.2) is 0 Å². The Morgan fingerprint density at radius 2 is 2.00 bits per heavy atom. The molecule has 20 heavy (non-hydrogen) atoms. The summed E-state index contributed by atoms with van der Waals surface area (Å²) in [4.78, 5) is 7.39. The lowest BCUT2D eigenvalue weighted by Crippen LogP contribution is -2.42. The molecule has 0 bridgehead atoms. The summed E-state index contributed by atoms with van der Waals surface area (Å²) in [7, 11) is 0. The van der Waals surface area contributed by atoms with E-state index in [9.17, 15) is 0 Å². The monoisotopic (exact) mass is 267 g/mol. The van der Waals surface area contributed by atoms with Crippen molar-refractivity contribution < 1.29 is 0 Å². The molecule has 2 saturated heterocycles. The number of anilines is 1. The number of nitrogens with zero attached hydrogens (tertiary/aromatic N) is 2. The molecular formula is C17H21N3. The average molecular weight is 267 g/mol. The zero-order chi connectivity index (χ0) is 13.4. The summed E-state index contributed by atoms with van der Waals surface area (Å²) >= 11 is 0. The van der Waals surface area contributed by atoms with Crippen LogP contribution >= 0.6 is 0 Å². The molecule has 0 aliphatic carbocycles. The molecule has 0 spiro atoms. The van der Waals surface area contributed by atoms with Crippen molar-refractivity contribution in [1.82, 2.24) is 9.88 Å². The van der Waals surface area contributed by atoms with Crippen LogP contribution in [0.1, 0.15) is 25.7 Å². The number of para-hydroxylation sites is 1. The molecule has 4 rings (SSSR count). The first kappa shape index (κ1) is 12.2. The molecule has 2 aliphatic heterocycles. The summed E-state index contributed by atoms with van der Waals surface area (Å²) < 4.78 is 0. The number of aromatic nitrogens is 1. The van der Waals surface area contributed by atoms with Gasteiger partial charge in [0.2, 0.25) is 0 Å². The van der Waals surface area contributed by atoms with Crippen molar-refractivity contribution in [3.05, 3.63) is 36.4 Å². The zero-order valence-corrected chi connectivity index (χ0v) is 11.8. The first-order valence-corrected chi connectivity index (χ1v) is 7.75. The Bertz CT molecular complexity index is 610. The normalized spacial score (nSPS) is 26.6. The molecule has 2 aromatic rings. The lowest BCUT2D eigenvalue weighted by Gasteiger charge is -2.35. The van der Waals surface area contributed by atoms with Gasteiger partial charge in [0.05, 0.1) is 5.52 Å². The van der Waals surface area contributed by atoms with E-state index in [4.69, 9.17) is 4.98 Å². The fraction of sp³-hybridized carbons (Fsp3) is 0.471. The van der Waals surface area contributed by atoms with Gasteiger partial charge in [0, 0.05) is 24.0 Å². The van der Waals surface area contributed by atoms with E-state index in [0.29, 0.717) is 6.04 Å². The molecule has 2 aliphatic rings. The summed E-state index contributed by atoms with van der Waals surface area (Å²) in [5, 5.41) is 4.86. The number of hydrogen-bond donors (Lipinski definition) is 1. The van der Waals surface area contributed by atoms with Crippen molar-refractivity contribution in [2.45, 2.75) is 37.8 Å². The molecule has 2 atom stereocenters. The van der Waals surface area contributed by atoms with Crippen LogP contribution in [0.15, 0.2) is 36.4 Å². The van der Waals surface area contributed by atoms with Gasteiger partial charge in [-0.3, -0.25) is 0 Å². The molecule has 2 unspecified atom stereocenters. The van der Waals surface area contributed by atoms with Crippen LogP contribution in [-0.4, -0.2) is 35.1 Å². The molecular weight excluding hydrogens is 246 g/mol. The van der Waals surface area contributed by atoms with Crippen LogP contribution in [0, 0.1) is 0 Å². The lowest BCUT2D eigenvalue weighted by atomic mass is 9.97. The van der Waals surface area contributed by atoms with Gasteiger partial charge in [0.1, 0.15) is 5.82 Å². The third-order valence-electron chi connectivity index (χ3n) is 4.77. The van der Waals surface area contributed by atoms with Gasteiger partial charge in [-0.25, -0.2) is 4.98 Å². The van der Waals surface area contributed by atoms with Crippen molar-refractivity contribution in [2.75, 3.05) is 18.4 Å². The maximum Gasteiger partial charge on any atom is 0.126 e. The van der Waals surface area contributed by atoms with Crippen molar-refractivity contribution >= 4 is 16.7 Å². The SMILES string of the molecule is c1ccc2nc(NC3CCN4CCCC4C3)ccc2c1. The Labute approximate surface area is 120 Å². The van der Waals surface area contributed by atoms with Crippen molar-refractivity contribution in [3.63, 3.8) is 0 Å². The van der Waals surface area contributed by atoms with E-state index in [1.54, 1.807) is 0 Å². The average Bonchev–Trinajstić information content (AvgIpc) is 2.95. The molecule has 104 valence electrons. The number of nitrogens with one attached hydrogen (secondary N) is 1. The fourth-order valence-corrected chi connectivity index (χ4v) is 3.71. The van der Waals surface area contributed by atoms with Crippen LogP contribution in [0.5, 0.6) is 0 Å². The van der Waals surface area contributed by atoms with Crippen LogP contribution in [0.4, 0.5) is 5.82 Å². The highest BCUT2D eigenvalue weighted by Crippen LogP contribution is 2.28. The summed E-state index contributed by atoms with van der Waals surface area (Å²) in [5.41, 5.74) is 1.08. The van der Waals surface area contributed by atoms with E-state index in [0.717, 1.165) is 17.4 Å². The van der Waals surface area contributed by atoms with Crippen LogP contribution in [0.2, 0.25) is 0 Å². The second kappa shape index (κ2) is 5.06. The molecule has 1 aromatic heterocycles. The number of fused-ring (bicyclic) bond motifs is 2. The molecule has 2 fully saturated rings.